The predicted octanol–water partition coefficient (Wildman–Crippen LogP) is -0.939. The molecule has 3 atom stereocenters. The molecule has 3 aliphatic rings. The number of hydrogen-bond donors (Lipinski definition) is 2. The van der Waals surface area contributed by atoms with Crippen LogP contribution in [0.25, 0.3) is 0 Å². The number of aliphatic hydroxyl groups is 1. The van der Waals surface area contributed by atoms with Crippen LogP contribution in [0.3, 0.4) is 0 Å². The fourth-order valence-electron chi connectivity index (χ4n) is 3.93. The van der Waals surface area contributed by atoms with Crippen LogP contribution in [0.2, 0.25) is 0 Å². The zero-order valence-electron chi connectivity index (χ0n) is 15.1. The van der Waals surface area contributed by atoms with Crippen molar-refractivity contribution < 1.29 is 14.6 Å². The van der Waals surface area contributed by atoms with Crippen molar-refractivity contribution in [2.24, 2.45) is 16.6 Å². The summed E-state index contributed by atoms with van der Waals surface area (Å²) in [7, 11) is 2.03. The van der Waals surface area contributed by atoms with E-state index in [4.69, 9.17) is 10.5 Å². The molecule has 0 bridgehead atoms. The molecule has 3 heterocycles. The van der Waals surface area contributed by atoms with Gasteiger partial charge in [0.15, 0.2) is 0 Å². The van der Waals surface area contributed by atoms with E-state index >= 15 is 0 Å². The van der Waals surface area contributed by atoms with Crippen LogP contribution in [0, 0.1) is 5.92 Å². The number of morpholine rings is 1. The molecule has 8 nitrogen and oxygen atoms in total. The van der Waals surface area contributed by atoms with Gasteiger partial charge in [-0.1, -0.05) is 0 Å². The zero-order valence-corrected chi connectivity index (χ0v) is 15.1. The molecular formula is C17H29N5O3. The van der Waals surface area contributed by atoms with Crippen molar-refractivity contribution in [1.82, 2.24) is 14.7 Å². The summed E-state index contributed by atoms with van der Waals surface area (Å²) in [6.45, 7) is 6.89. The molecule has 0 aromatic rings. The molecular weight excluding hydrogens is 322 g/mol. The topological polar surface area (TPSA) is 94.6 Å². The molecule has 1 amide bonds. The van der Waals surface area contributed by atoms with Crippen molar-refractivity contribution in [2.45, 2.75) is 25.6 Å². The molecule has 2 saturated heterocycles. The highest BCUT2D eigenvalue weighted by molar-refractivity contribution is 6.04. The van der Waals surface area contributed by atoms with Gasteiger partial charge < -0.3 is 20.5 Å². The summed E-state index contributed by atoms with van der Waals surface area (Å²) in [6.07, 6.45) is 1.15. The van der Waals surface area contributed by atoms with Crippen molar-refractivity contribution in [3.8, 4) is 0 Å². The standard InChI is InChI=1S/C17H29N5O3/c1-12-13(17(24)21-5-7-25-8-6-21)9-16(23)22(12)15(10-18)14-11-20(2)4-3-19-14/h10,12-13,17,24H,3-9,11,18H2,1-2H3/t12?,13?,17-/m0/s1. The van der Waals surface area contributed by atoms with Gasteiger partial charge in [-0.25, -0.2) is 0 Å². The van der Waals surface area contributed by atoms with Crippen LogP contribution >= 0.6 is 0 Å². The SMILES string of the molecule is CC1C([C@H](O)N2CCOCC2)CC(=O)N1C(=CN)C1=NCCN(C)C1. The summed E-state index contributed by atoms with van der Waals surface area (Å²) >= 11 is 0. The fourth-order valence-corrected chi connectivity index (χ4v) is 3.93. The molecule has 0 spiro atoms. The van der Waals surface area contributed by atoms with E-state index in [-0.39, 0.29) is 17.9 Å². The Balaban J connectivity index is 1.75. The molecule has 8 heteroatoms. The van der Waals surface area contributed by atoms with Crippen molar-refractivity contribution in [2.75, 3.05) is 53.0 Å². The first kappa shape index (κ1) is 18.3. The summed E-state index contributed by atoms with van der Waals surface area (Å²) in [4.78, 5) is 23.2. The Morgan fingerprint density at radius 3 is 2.76 bits per heavy atom. The van der Waals surface area contributed by atoms with Gasteiger partial charge in [0, 0.05) is 50.8 Å². The van der Waals surface area contributed by atoms with Gasteiger partial charge in [-0.15, -0.1) is 0 Å². The van der Waals surface area contributed by atoms with Crippen molar-refractivity contribution in [3.63, 3.8) is 0 Å². The first-order valence-electron chi connectivity index (χ1n) is 8.99. The largest absolute Gasteiger partial charge is 0.403 e. The molecule has 3 N–H and O–H groups in total. The van der Waals surface area contributed by atoms with Crippen molar-refractivity contribution >= 4 is 11.6 Å². The van der Waals surface area contributed by atoms with Gasteiger partial charge in [0.2, 0.25) is 5.91 Å². The minimum Gasteiger partial charge on any atom is -0.403 e. The number of ether oxygens (including phenoxy) is 1. The average molecular weight is 351 g/mol. The third-order valence-electron chi connectivity index (χ3n) is 5.43. The highest BCUT2D eigenvalue weighted by Crippen LogP contribution is 2.33. The lowest BCUT2D eigenvalue weighted by Crippen LogP contribution is -2.50. The third kappa shape index (κ3) is 3.72. The number of nitrogens with two attached hydrogens (primary N) is 1. The lowest BCUT2D eigenvalue weighted by Gasteiger charge is -2.37. The normalized spacial score (nSPS) is 31.3. The number of hydrogen-bond acceptors (Lipinski definition) is 7. The van der Waals surface area contributed by atoms with Crippen LogP contribution < -0.4 is 5.73 Å². The Labute approximate surface area is 148 Å². The van der Waals surface area contributed by atoms with Crippen molar-refractivity contribution in [1.29, 1.82) is 0 Å². The highest BCUT2D eigenvalue weighted by Gasteiger charge is 2.44. The number of likely N-dealkylation sites (N-methyl/N-ethyl adjacent to an activating group) is 1. The summed E-state index contributed by atoms with van der Waals surface area (Å²) in [5.41, 5.74) is 7.40. The molecule has 3 rings (SSSR count). The summed E-state index contributed by atoms with van der Waals surface area (Å²) < 4.78 is 5.35. The average Bonchev–Trinajstić information content (AvgIpc) is 2.91. The van der Waals surface area contributed by atoms with E-state index in [1.165, 1.54) is 6.20 Å². The summed E-state index contributed by atoms with van der Waals surface area (Å²) in [6, 6.07) is -0.130. The van der Waals surface area contributed by atoms with Gasteiger partial charge >= 0.3 is 0 Å². The number of aliphatic imine (C=N–C) groups is 1. The molecule has 2 fully saturated rings. The molecule has 25 heavy (non-hydrogen) atoms. The van der Waals surface area contributed by atoms with Crippen LogP contribution in [0.15, 0.2) is 16.9 Å². The Bertz CT molecular complexity index is 558. The number of aliphatic hydroxyl groups excluding tert-OH is 1. The Morgan fingerprint density at radius 2 is 2.12 bits per heavy atom. The maximum atomic E-state index is 12.7. The van der Waals surface area contributed by atoms with E-state index in [0.29, 0.717) is 51.5 Å². The van der Waals surface area contributed by atoms with Gasteiger partial charge in [0.05, 0.1) is 31.2 Å². The smallest absolute Gasteiger partial charge is 0.227 e. The van der Waals surface area contributed by atoms with Gasteiger partial charge in [-0.2, -0.15) is 0 Å². The number of likely N-dealkylation sites (tertiary alicyclic amines) is 1. The fraction of sp³-hybridized carbons (Fsp3) is 0.765. The van der Waals surface area contributed by atoms with E-state index < -0.39 is 6.23 Å². The number of amides is 1. The van der Waals surface area contributed by atoms with E-state index in [1.54, 1.807) is 4.90 Å². The summed E-state index contributed by atoms with van der Waals surface area (Å²) in [5.74, 6) is -0.153. The molecule has 0 saturated carbocycles. The number of carbonyl (C=O) groups excluding carboxylic acids is 1. The third-order valence-corrected chi connectivity index (χ3v) is 5.43. The van der Waals surface area contributed by atoms with E-state index in [1.807, 2.05) is 18.9 Å². The molecule has 0 aromatic heterocycles. The van der Waals surface area contributed by atoms with Gasteiger partial charge in [-0.05, 0) is 14.0 Å². The first-order valence-corrected chi connectivity index (χ1v) is 8.99. The van der Waals surface area contributed by atoms with E-state index in [9.17, 15) is 9.90 Å². The lowest BCUT2D eigenvalue weighted by atomic mass is 9.98. The van der Waals surface area contributed by atoms with Crippen LogP contribution in [0.5, 0.6) is 0 Å². The zero-order chi connectivity index (χ0) is 18.0. The minimum atomic E-state index is -0.650. The lowest BCUT2D eigenvalue weighted by molar-refractivity contribution is -0.126. The second-order valence-electron chi connectivity index (χ2n) is 7.05. The van der Waals surface area contributed by atoms with Crippen molar-refractivity contribution in [3.05, 3.63) is 11.9 Å². The van der Waals surface area contributed by atoms with Gasteiger partial charge in [0.25, 0.3) is 0 Å². The maximum Gasteiger partial charge on any atom is 0.227 e. The van der Waals surface area contributed by atoms with E-state index in [0.717, 1.165) is 12.3 Å². The van der Waals surface area contributed by atoms with Gasteiger partial charge in [-0.3, -0.25) is 19.6 Å². The Kier molecular flexibility index (Phi) is 5.73. The van der Waals surface area contributed by atoms with Crippen LogP contribution in [0.1, 0.15) is 13.3 Å². The second-order valence-corrected chi connectivity index (χ2v) is 7.05. The molecule has 0 aromatic carbocycles. The minimum absolute atomic E-state index is 0.00237. The quantitative estimate of drug-likeness (QED) is 0.679. The van der Waals surface area contributed by atoms with Gasteiger partial charge in [0.1, 0.15) is 6.23 Å². The monoisotopic (exact) mass is 351 g/mol. The molecule has 140 valence electrons. The molecule has 2 unspecified atom stereocenters. The van der Waals surface area contributed by atoms with Crippen LogP contribution in [-0.2, 0) is 9.53 Å². The maximum absolute atomic E-state index is 12.7. The van der Waals surface area contributed by atoms with Crippen LogP contribution in [0.4, 0.5) is 0 Å². The molecule has 0 radical (unpaired) electrons. The van der Waals surface area contributed by atoms with Crippen LogP contribution in [-0.4, -0.2) is 96.7 Å². The second kappa shape index (κ2) is 7.82. The number of nitrogens with zero attached hydrogens (tertiary/aromatic N) is 4. The first-order chi connectivity index (χ1) is 12.0. The Morgan fingerprint density at radius 1 is 1.40 bits per heavy atom. The highest BCUT2D eigenvalue weighted by atomic mass is 16.5. The molecule has 0 aliphatic carbocycles. The Hall–Kier alpha value is -1.48. The molecule has 3 aliphatic heterocycles. The number of carbonyl (C=O) groups is 1. The predicted molar refractivity (Wildman–Crippen MR) is 94.9 cm³/mol. The van der Waals surface area contributed by atoms with E-state index in [2.05, 4.69) is 9.89 Å². The number of rotatable bonds is 4. The summed E-state index contributed by atoms with van der Waals surface area (Å²) in [5, 5.41) is 10.8.